The van der Waals surface area contributed by atoms with E-state index in [1.54, 1.807) is 7.11 Å². The second kappa shape index (κ2) is 9.75. The molecule has 0 spiro atoms. The molecule has 0 fully saturated rings. The van der Waals surface area contributed by atoms with Gasteiger partial charge in [-0.25, -0.2) is 4.79 Å². The Bertz CT molecular complexity index is 642. The zero-order valence-corrected chi connectivity index (χ0v) is 13.8. The molecule has 2 aromatic carbocycles. The number of rotatable bonds is 9. The van der Waals surface area contributed by atoms with E-state index in [2.05, 4.69) is 10.6 Å². The highest BCUT2D eigenvalue weighted by molar-refractivity contribution is 5.88. The van der Waals surface area contributed by atoms with Crippen LogP contribution in [0.4, 0.5) is 4.79 Å². The van der Waals surface area contributed by atoms with E-state index in [0.29, 0.717) is 13.2 Å². The molecule has 6 nitrogen and oxygen atoms in total. The molecule has 0 aliphatic carbocycles. The highest BCUT2D eigenvalue weighted by Crippen LogP contribution is 2.25. The lowest BCUT2D eigenvalue weighted by molar-refractivity contribution is 0.108. The smallest absolute Gasteiger partial charge is 0.314 e. The number of methoxy groups -OCH3 is 1. The molecule has 0 aliphatic rings. The number of hydrogen-bond acceptors (Lipinski definition) is 4. The molecule has 2 aromatic rings. The number of nitrogens with one attached hydrogen (secondary N) is 2. The number of carbonyl (C=O) groups is 1. The fourth-order valence-corrected chi connectivity index (χ4v) is 2.26. The SMILES string of the molecule is COCCCNC(=O)NCC(O)COc1cccc2ccccc12. The summed E-state index contributed by atoms with van der Waals surface area (Å²) in [5.74, 6) is 0.719. The largest absolute Gasteiger partial charge is 0.490 e. The molecule has 0 aliphatic heterocycles. The highest BCUT2D eigenvalue weighted by atomic mass is 16.5. The number of aliphatic hydroxyl groups is 1. The van der Waals surface area contributed by atoms with Crippen LogP contribution in [0.1, 0.15) is 6.42 Å². The van der Waals surface area contributed by atoms with Gasteiger partial charge >= 0.3 is 6.03 Å². The summed E-state index contributed by atoms with van der Waals surface area (Å²) in [5.41, 5.74) is 0. The summed E-state index contributed by atoms with van der Waals surface area (Å²) in [7, 11) is 1.62. The Kier molecular flexibility index (Phi) is 7.32. The van der Waals surface area contributed by atoms with Crippen molar-refractivity contribution >= 4 is 16.8 Å². The van der Waals surface area contributed by atoms with Crippen molar-refractivity contribution in [1.82, 2.24) is 10.6 Å². The fourth-order valence-electron chi connectivity index (χ4n) is 2.26. The standard InChI is InChI=1S/C18H24N2O4/c1-23-11-5-10-19-18(22)20-12-15(21)13-24-17-9-4-7-14-6-2-3-8-16(14)17/h2-4,6-9,15,21H,5,10-13H2,1H3,(H2,19,20,22). The van der Waals surface area contributed by atoms with Crippen molar-refractivity contribution < 1.29 is 19.4 Å². The number of fused-ring (bicyclic) bond motifs is 1. The maximum Gasteiger partial charge on any atom is 0.314 e. The van der Waals surface area contributed by atoms with E-state index in [9.17, 15) is 9.90 Å². The summed E-state index contributed by atoms with van der Waals surface area (Å²) in [6.45, 7) is 1.36. The van der Waals surface area contributed by atoms with Crippen molar-refractivity contribution in [3.8, 4) is 5.75 Å². The Balaban J connectivity index is 1.73. The first kappa shape index (κ1) is 18.0. The minimum absolute atomic E-state index is 0.109. The van der Waals surface area contributed by atoms with Gasteiger partial charge in [0.2, 0.25) is 0 Å². The van der Waals surface area contributed by atoms with Crippen LogP contribution in [-0.2, 0) is 4.74 Å². The average molecular weight is 332 g/mol. The first-order chi connectivity index (χ1) is 11.7. The number of benzene rings is 2. The molecule has 130 valence electrons. The molecule has 2 rings (SSSR count). The van der Waals surface area contributed by atoms with E-state index in [1.807, 2.05) is 42.5 Å². The van der Waals surface area contributed by atoms with Crippen LogP contribution in [0.2, 0.25) is 0 Å². The van der Waals surface area contributed by atoms with Crippen molar-refractivity contribution in [2.75, 3.05) is 33.4 Å². The van der Waals surface area contributed by atoms with E-state index >= 15 is 0 Å². The Hall–Kier alpha value is -2.31. The number of aliphatic hydroxyl groups excluding tert-OH is 1. The van der Waals surface area contributed by atoms with Gasteiger partial charge in [0, 0.05) is 32.2 Å². The van der Waals surface area contributed by atoms with Crippen molar-refractivity contribution in [3.05, 3.63) is 42.5 Å². The summed E-state index contributed by atoms with van der Waals surface area (Å²) in [4.78, 5) is 11.5. The molecule has 0 bridgehead atoms. The van der Waals surface area contributed by atoms with Gasteiger partial charge in [-0.2, -0.15) is 0 Å². The van der Waals surface area contributed by atoms with Gasteiger partial charge < -0.3 is 25.2 Å². The number of urea groups is 1. The van der Waals surface area contributed by atoms with Crippen molar-refractivity contribution in [2.45, 2.75) is 12.5 Å². The molecule has 3 N–H and O–H groups in total. The van der Waals surface area contributed by atoms with Crippen molar-refractivity contribution in [1.29, 1.82) is 0 Å². The number of ether oxygens (including phenoxy) is 2. The number of carbonyl (C=O) groups excluding carboxylic acids is 1. The van der Waals surface area contributed by atoms with Crippen LogP contribution in [0.25, 0.3) is 10.8 Å². The third kappa shape index (κ3) is 5.72. The van der Waals surface area contributed by atoms with E-state index < -0.39 is 6.10 Å². The minimum Gasteiger partial charge on any atom is -0.490 e. The zero-order chi connectivity index (χ0) is 17.2. The van der Waals surface area contributed by atoms with Gasteiger partial charge in [0.05, 0.1) is 0 Å². The topological polar surface area (TPSA) is 79.8 Å². The maximum absolute atomic E-state index is 11.5. The lowest BCUT2D eigenvalue weighted by Gasteiger charge is -2.15. The second-order valence-corrected chi connectivity index (χ2v) is 5.43. The predicted molar refractivity (Wildman–Crippen MR) is 93.3 cm³/mol. The van der Waals surface area contributed by atoms with Gasteiger partial charge in [0.15, 0.2) is 0 Å². The van der Waals surface area contributed by atoms with E-state index in [4.69, 9.17) is 9.47 Å². The number of amides is 2. The highest BCUT2D eigenvalue weighted by Gasteiger charge is 2.09. The average Bonchev–Trinajstić information content (AvgIpc) is 2.61. The van der Waals surface area contributed by atoms with Crippen LogP contribution < -0.4 is 15.4 Å². The molecule has 24 heavy (non-hydrogen) atoms. The molecule has 1 unspecified atom stereocenters. The Morgan fingerprint density at radius 1 is 1.17 bits per heavy atom. The molecular formula is C18H24N2O4. The van der Waals surface area contributed by atoms with Crippen LogP contribution in [0, 0.1) is 0 Å². The van der Waals surface area contributed by atoms with Gasteiger partial charge in [-0.3, -0.25) is 0 Å². The summed E-state index contributed by atoms with van der Waals surface area (Å²) < 4.78 is 10.6. The Labute approximate surface area is 141 Å². The summed E-state index contributed by atoms with van der Waals surface area (Å²) in [6.07, 6.45) is -0.0369. The summed E-state index contributed by atoms with van der Waals surface area (Å²) >= 11 is 0. The van der Waals surface area contributed by atoms with Crippen LogP contribution >= 0.6 is 0 Å². The van der Waals surface area contributed by atoms with Crippen molar-refractivity contribution in [2.24, 2.45) is 0 Å². The van der Waals surface area contributed by atoms with Crippen LogP contribution in [0.5, 0.6) is 5.75 Å². The maximum atomic E-state index is 11.5. The Morgan fingerprint density at radius 3 is 2.79 bits per heavy atom. The third-order valence-corrected chi connectivity index (χ3v) is 3.49. The molecule has 2 amide bonds. The lowest BCUT2D eigenvalue weighted by atomic mass is 10.1. The lowest BCUT2D eigenvalue weighted by Crippen LogP contribution is -2.41. The molecule has 6 heteroatoms. The van der Waals surface area contributed by atoms with Crippen molar-refractivity contribution in [3.63, 3.8) is 0 Å². The van der Waals surface area contributed by atoms with Crippen LogP contribution in [-0.4, -0.2) is 50.7 Å². The van der Waals surface area contributed by atoms with Gasteiger partial charge in [-0.1, -0.05) is 36.4 Å². The first-order valence-corrected chi connectivity index (χ1v) is 8.00. The van der Waals surface area contributed by atoms with Gasteiger partial charge in [0.1, 0.15) is 18.5 Å². The predicted octanol–water partition coefficient (Wildman–Crippen LogP) is 1.92. The fraction of sp³-hybridized carbons (Fsp3) is 0.389. The Morgan fingerprint density at radius 2 is 1.96 bits per heavy atom. The van der Waals surface area contributed by atoms with E-state index in [0.717, 1.165) is 22.9 Å². The van der Waals surface area contributed by atoms with Gasteiger partial charge in [0.25, 0.3) is 0 Å². The monoisotopic (exact) mass is 332 g/mol. The second-order valence-electron chi connectivity index (χ2n) is 5.43. The third-order valence-electron chi connectivity index (χ3n) is 3.49. The quantitative estimate of drug-likeness (QED) is 0.613. The molecule has 0 aromatic heterocycles. The van der Waals surface area contributed by atoms with Crippen LogP contribution in [0.3, 0.4) is 0 Å². The van der Waals surface area contributed by atoms with Gasteiger partial charge in [-0.05, 0) is 17.9 Å². The summed E-state index contributed by atoms with van der Waals surface area (Å²) in [5, 5.41) is 17.3. The molecule has 0 saturated carbocycles. The number of hydrogen-bond donors (Lipinski definition) is 3. The van der Waals surface area contributed by atoms with Gasteiger partial charge in [-0.15, -0.1) is 0 Å². The first-order valence-electron chi connectivity index (χ1n) is 8.00. The normalized spacial score (nSPS) is 11.9. The van der Waals surface area contributed by atoms with E-state index in [1.165, 1.54) is 0 Å². The molecule has 0 saturated heterocycles. The minimum atomic E-state index is -0.784. The molecular weight excluding hydrogens is 308 g/mol. The van der Waals surface area contributed by atoms with Crippen LogP contribution in [0.15, 0.2) is 42.5 Å². The molecule has 0 radical (unpaired) electrons. The zero-order valence-electron chi connectivity index (χ0n) is 13.8. The van der Waals surface area contributed by atoms with E-state index in [-0.39, 0.29) is 19.2 Å². The molecule has 0 heterocycles. The molecule has 1 atom stereocenters. The summed E-state index contributed by atoms with van der Waals surface area (Å²) in [6, 6.07) is 13.4.